The molecule has 1 amide bonds. The van der Waals surface area contributed by atoms with Gasteiger partial charge in [0.2, 0.25) is 0 Å². The normalized spacial score (nSPS) is 18.2. The maximum atomic E-state index is 11.5. The van der Waals surface area contributed by atoms with Crippen molar-refractivity contribution in [2.75, 3.05) is 30.8 Å². The number of aryl methyl sites for hydroxylation is 1. The summed E-state index contributed by atoms with van der Waals surface area (Å²) in [4.78, 5) is 24.6. The maximum absolute atomic E-state index is 11.5. The third kappa shape index (κ3) is 3.27. The van der Waals surface area contributed by atoms with Crippen molar-refractivity contribution in [3.05, 3.63) is 35.4 Å². The van der Waals surface area contributed by atoms with Crippen LogP contribution < -0.4 is 4.90 Å². The molecule has 0 unspecified atom stereocenters. The van der Waals surface area contributed by atoms with Crippen molar-refractivity contribution in [2.24, 2.45) is 0 Å². The molecule has 1 aromatic carbocycles. The first-order valence-corrected chi connectivity index (χ1v) is 10.5. The molecule has 0 spiro atoms. The summed E-state index contributed by atoms with van der Waals surface area (Å²) in [5.74, 6) is 0.886. The van der Waals surface area contributed by atoms with Gasteiger partial charge in [-0.2, -0.15) is 5.26 Å². The summed E-state index contributed by atoms with van der Waals surface area (Å²) in [6.07, 6.45) is 2.96. The van der Waals surface area contributed by atoms with E-state index >= 15 is 0 Å². The smallest absolute Gasteiger partial charge is 0.407 e. The second-order valence-electron chi connectivity index (χ2n) is 6.96. The Hall–Kier alpha value is -2.79. The van der Waals surface area contributed by atoms with E-state index in [1.165, 1.54) is 22.2 Å². The fraction of sp³-hybridized carbons (Fsp3) is 0.400. The number of carbonyl (C=O) groups is 1. The number of amides is 1. The zero-order valence-electron chi connectivity index (χ0n) is 15.6. The summed E-state index contributed by atoms with van der Waals surface area (Å²) in [6, 6.07) is 10.1. The number of piperazine rings is 1. The molecule has 4 rings (SSSR count). The molecule has 144 valence electrons. The Kier molecular flexibility index (Phi) is 5.09. The first-order valence-electron chi connectivity index (χ1n) is 9.27. The summed E-state index contributed by atoms with van der Waals surface area (Å²) in [6.45, 7) is 1.40. The van der Waals surface area contributed by atoms with Crippen LogP contribution >= 0.6 is 11.8 Å². The largest absolute Gasteiger partial charge is 0.465 e. The van der Waals surface area contributed by atoms with Crippen LogP contribution in [0.3, 0.4) is 0 Å². The Morgan fingerprint density at radius 2 is 2.14 bits per heavy atom. The van der Waals surface area contributed by atoms with E-state index in [2.05, 4.69) is 29.2 Å². The number of hydrogen-bond donors (Lipinski definition) is 1. The molecule has 7 nitrogen and oxygen atoms in total. The predicted octanol–water partition coefficient (Wildman–Crippen LogP) is 3.05. The van der Waals surface area contributed by atoms with Crippen molar-refractivity contribution in [3.8, 4) is 17.3 Å². The van der Waals surface area contributed by atoms with Crippen molar-refractivity contribution in [1.82, 2.24) is 14.9 Å². The lowest BCUT2D eigenvalue weighted by molar-refractivity contribution is 0.119. The SMILES string of the molecule is CSc1nc2c(c(N3CCN(C(=O)O)[C@@H](CC#N)C3)n1)CCc1ccccc1-2. The highest BCUT2D eigenvalue weighted by Gasteiger charge is 2.33. The van der Waals surface area contributed by atoms with Gasteiger partial charge in [0, 0.05) is 30.8 Å². The van der Waals surface area contributed by atoms with Crippen LogP contribution in [0, 0.1) is 11.3 Å². The molecule has 0 saturated carbocycles. The van der Waals surface area contributed by atoms with E-state index < -0.39 is 6.09 Å². The number of hydrogen-bond acceptors (Lipinski definition) is 6. The molecular weight excluding hydrogens is 374 g/mol. The molecule has 1 aromatic heterocycles. The average Bonchev–Trinajstić information content (AvgIpc) is 2.72. The molecule has 2 aromatic rings. The number of fused-ring (bicyclic) bond motifs is 3. The van der Waals surface area contributed by atoms with Gasteiger partial charge in [-0.3, -0.25) is 0 Å². The van der Waals surface area contributed by atoms with E-state index in [0.29, 0.717) is 24.8 Å². The van der Waals surface area contributed by atoms with Crippen LogP contribution in [-0.4, -0.2) is 58.0 Å². The molecule has 2 aliphatic rings. The highest BCUT2D eigenvalue weighted by Crippen LogP contribution is 2.38. The zero-order valence-corrected chi connectivity index (χ0v) is 16.4. The fourth-order valence-corrected chi connectivity index (χ4v) is 4.43. The summed E-state index contributed by atoms with van der Waals surface area (Å²) in [5, 5.41) is 19.3. The molecule has 2 heterocycles. The number of nitrogens with zero attached hydrogens (tertiary/aromatic N) is 5. The van der Waals surface area contributed by atoms with E-state index in [-0.39, 0.29) is 12.5 Å². The van der Waals surface area contributed by atoms with E-state index in [1.807, 2.05) is 12.3 Å². The quantitative estimate of drug-likeness (QED) is 0.630. The molecule has 1 fully saturated rings. The van der Waals surface area contributed by atoms with Crippen molar-refractivity contribution < 1.29 is 9.90 Å². The van der Waals surface area contributed by atoms with Gasteiger partial charge in [0.15, 0.2) is 5.16 Å². The zero-order chi connectivity index (χ0) is 19.7. The Bertz CT molecular complexity index is 958. The number of anilines is 1. The lowest BCUT2D eigenvalue weighted by atomic mass is 9.89. The Labute approximate surface area is 168 Å². The van der Waals surface area contributed by atoms with Crippen molar-refractivity contribution in [3.63, 3.8) is 0 Å². The van der Waals surface area contributed by atoms with E-state index in [9.17, 15) is 9.90 Å². The number of nitriles is 1. The van der Waals surface area contributed by atoms with Crippen LogP contribution in [0.1, 0.15) is 17.5 Å². The summed E-state index contributed by atoms with van der Waals surface area (Å²) >= 11 is 1.51. The predicted molar refractivity (Wildman–Crippen MR) is 108 cm³/mol. The lowest BCUT2D eigenvalue weighted by Crippen LogP contribution is -2.55. The molecule has 1 aliphatic heterocycles. The molecule has 8 heteroatoms. The van der Waals surface area contributed by atoms with Gasteiger partial charge >= 0.3 is 6.09 Å². The Balaban J connectivity index is 1.75. The summed E-state index contributed by atoms with van der Waals surface area (Å²) in [5.41, 5.74) is 4.55. The minimum Gasteiger partial charge on any atom is -0.465 e. The molecule has 1 saturated heterocycles. The number of thioether (sulfide) groups is 1. The number of benzene rings is 1. The molecule has 0 bridgehead atoms. The first kappa shape index (κ1) is 18.6. The van der Waals surface area contributed by atoms with Crippen LogP contribution in [-0.2, 0) is 12.8 Å². The van der Waals surface area contributed by atoms with Crippen LogP contribution in [0.2, 0.25) is 0 Å². The van der Waals surface area contributed by atoms with Crippen molar-refractivity contribution >= 4 is 23.7 Å². The van der Waals surface area contributed by atoms with Gasteiger partial charge in [-0.1, -0.05) is 36.0 Å². The van der Waals surface area contributed by atoms with Crippen molar-refractivity contribution in [1.29, 1.82) is 5.26 Å². The van der Waals surface area contributed by atoms with Gasteiger partial charge < -0.3 is 14.9 Å². The molecule has 1 N–H and O–H groups in total. The molecular formula is C20H21N5O2S. The summed E-state index contributed by atoms with van der Waals surface area (Å²) in [7, 11) is 0. The van der Waals surface area contributed by atoms with Crippen LogP contribution in [0.25, 0.3) is 11.3 Å². The van der Waals surface area contributed by atoms with Crippen LogP contribution in [0.4, 0.5) is 10.6 Å². The van der Waals surface area contributed by atoms with Gasteiger partial charge in [0.25, 0.3) is 0 Å². The third-order valence-corrected chi connectivity index (χ3v) is 5.97. The number of aromatic nitrogens is 2. The second-order valence-corrected chi connectivity index (χ2v) is 7.73. The Morgan fingerprint density at radius 3 is 2.89 bits per heavy atom. The fourth-order valence-electron chi connectivity index (χ4n) is 4.07. The number of rotatable bonds is 3. The van der Waals surface area contributed by atoms with E-state index in [4.69, 9.17) is 15.2 Å². The Morgan fingerprint density at radius 1 is 1.32 bits per heavy atom. The first-order chi connectivity index (χ1) is 13.6. The highest BCUT2D eigenvalue weighted by molar-refractivity contribution is 7.98. The topological polar surface area (TPSA) is 93.4 Å². The minimum absolute atomic E-state index is 0.175. The minimum atomic E-state index is -0.969. The number of carboxylic acid groups (broad SMARTS) is 1. The second kappa shape index (κ2) is 7.68. The van der Waals surface area contributed by atoms with Crippen molar-refractivity contribution in [2.45, 2.75) is 30.5 Å². The van der Waals surface area contributed by atoms with Gasteiger partial charge in [0.05, 0.1) is 24.2 Å². The van der Waals surface area contributed by atoms with Gasteiger partial charge in [0.1, 0.15) is 5.82 Å². The molecule has 28 heavy (non-hydrogen) atoms. The maximum Gasteiger partial charge on any atom is 0.407 e. The van der Waals surface area contributed by atoms with Gasteiger partial charge in [-0.25, -0.2) is 14.8 Å². The standard InChI is InChI=1S/C20H21N5O2S/c1-28-19-22-17-15-5-3-2-4-13(15)6-7-16(17)18(23-19)24-10-11-25(20(26)27)14(12-24)8-9-21/h2-5,14H,6-8,10-12H2,1H3,(H,26,27)/t14-/m0/s1. The monoisotopic (exact) mass is 395 g/mol. The highest BCUT2D eigenvalue weighted by atomic mass is 32.2. The molecule has 1 atom stereocenters. The molecule has 0 radical (unpaired) electrons. The average molecular weight is 395 g/mol. The van der Waals surface area contributed by atoms with Crippen LogP contribution in [0.15, 0.2) is 29.4 Å². The van der Waals surface area contributed by atoms with Gasteiger partial charge in [-0.15, -0.1) is 0 Å². The summed E-state index contributed by atoms with van der Waals surface area (Å²) < 4.78 is 0. The van der Waals surface area contributed by atoms with E-state index in [1.54, 1.807) is 0 Å². The third-order valence-electron chi connectivity index (χ3n) is 5.42. The van der Waals surface area contributed by atoms with Gasteiger partial charge in [-0.05, 0) is 24.7 Å². The lowest BCUT2D eigenvalue weighted by Gasteiger charge is -2.40. The van der Waals surface area contributed by atoms with Crippen LogP contribution in [0.5, 0.6) is 0 Å². The molecule has 1 aliphatic carbocycles. The van der Waals surface area contributed by atoms with E-state index in [0.717, 1.165) is 35.5 Å².